The number of hydrogen-bond acceptors (Lipinski definition) is 4. The molecule has 0 radical (unpaired) electrons. The Morgan fingerprint density at radius 1 is 0.500 bits per heavy atom. The minimum Gasteiger partial charge on any atom is -0.412 e. The quantitative estimate of drug-likeness (QED) is 0.322. The molecule has 0 heterocycles. The maximum absolute atomic E-state index is 5.43. The lowest BCUT2D eigenvalue weighted by atomic mass is 10.2. The number of nitrogens with two attached hydrogens (primary N) is 4. The molecule has 16 N–H and O–H groups in total. The summed E-state index contributed by atoms with van der Waals surface area (Å²) in [5.41, 5.74) is 23.6. The molecule has 1 aromatic carbocycles. The predicted octanol–water partition coefficient (Wildman–Crippen LogP) is -3.28. The maximum atomic E-state index is 5.43. The number of rotatable bonds is 0. The van der Waals surface area contributed by atoms with E-state index in [2.05, 4.69) is 0 Å². The van der Waals surface area contributed by atoms with Crippen molar-refractivity contribution in [2.45, 2.75) is 0 Å². The summed E-state index contributed by atoms with van der Waals surface area (Å²) in [5, 5.41) is 0. The third kappa shape index (κ3) is 4.33. The zero-order valence-electron chi connectivity index (χ0n) is 7.46. The van der Waals surface area contributed by atoms with Crippen molar-refractivity contribution in [3.8, 4) is 0 Å². The summed E-state index contributed by atoms with van der Waals surface area (Å²) in [4.78, 5) is 0. The van der Waals surface area contributed by atoms with Gasteiger partial charge in [0, 0.05) is 0 Å². The summed E-state index contributed by atoms with van der Waals surface area (Å²) in [5.74, 6) is 0. The van der Waals surface area contributed by atoms with Gasteiger partial charge in [0.2, 0.25) is 0 Å². The molecule has 1 rings (SSSR count). The van der Waals surface area contributed by atoms with E-state index in [4.69, 9.17) is 22.9 Å². The van der Waals surface area contributed by atoms with Gasteiger partial charge in [0.25, 0.3) is 0 Å². The Morgan fingerprint density at radius 2 is 0.643 bits per heavy atom. The largest absolute Gasteiger partial charge is 0.412 e. The smallest absolute Gasteiger partial charge is 0.0570 e. The molecule has 1 aromatic rings. The average Bonchev–Trinajstić information content (AvgIpc) is 1.84. The third-order valence-electron chi connectivity index (χ3n) is 1.29. The maximum Gasteiger partial charge on any atom is 0.0570 e. The normalized spacial score (nSPS) is 6.86. The van der Waals surface area contributed by atoms with Crippen LogP contribution >= 0.6 is 0 Å². The summed E-state index contributed by atoms with van der Waals surface area (Å²) < 4.78 is 0. The molecule has 0 amide bonds. The van der Waals surface area contributed by atoms with Crippen molar-refractivity contribution >= 4 is 22.7 Å². The molecule has 0 bridgehead atoms. The van der Waals surface area contributed by atoms with Gasteiger partial charge in [-0.1, -0.05) is 0 Å². The zero-order chi connectivity index (χ0) is 7.72. The van der Waals surface area contributed by atoms with E-state index in [1.54, 1.807) is 12.1 Å². The molecule has 0 saturated carbocycles. The summed E-state index contributed by atoms with van der Waals surface area (Å²) in [6.07, 6.45) is 0. The topological polar surface area (TPSA) is 230 Å². The number of anilines is 4. The van der Waals surface area contributed by atoms with Gasteiger partial charge in [0.1, 0.15) is 0 Å². The van der Waals surface area contributed by atoms with Crippen LogP contribution in [0.1, 0.15) is 0 Å². The highest BCUT2D eigenvalue weighted by Crippen LogP contribution is 2.23. The Kier molecular flexibility index (Phi) is 12.8. The average molecular weight is 210 g/mol. The van der Waals surface area contributed by atoms with Crippen molar-refractivity contribution in [1.82, 2.24) is 0 Å². The van der Waals surface area contributed by atoms with E-state index >= 15 is 0 Å². The van der Waals surface area contributed by atoms with Gasteiger partial charge in [-0.25, -0.2) is 0 Å². The molecule has 8 heteroatoms. The third-order valence-corrected chi connectivity index (χ3v) is 1.29. The van der Waals surface area contributed by atoms with E-state index in [0.717, 1.165) is 0 Å². The highest BCUT2D eigenvalue weighted by Gasteiger charge is 1.97. The van der Waals surface area contributed by atoms with Crippen LogP contribution in [0.25, 0.3) is 0 Å². The Bertz CT molecular complexity index is 218. The minimum absolute atomic E-state index is 0. The number of nitrogen functional groups attached to an aromatic ring is 4. The van der Waals surface area contributed by atoms with E-state index in [9.17, 15) is 0 Å². The molecule has 8 nitrogen and oxygen atoms in total. The Labute approximate surface area is 80.7 Å². The molecular formula is C6H18N4O4. The number of benzene rings is 1. The molecule has 0 aromatic heterocycles. The van der Waals surface area contributed by atoms with Crippen LogP contribution in [0.2, 0.25) is 0 Å². The Balaban J connectivity index is -0.000000125. The molecular weight excluding hydrogens is 192 g/mol. The summed E-state index contributed by atoms with van der Waals surface area (Å²) in [7, 11) is 0. The van der Waals surface area contributed by atoms with Crippen LogP contribution < -0.4 is 22.9 Å². The fourth-order valence-corrected chi connectivity index (χ4v) is 0.668. The summed E-state index contributed by atoms with van der Waals surface area (Å²) in [6, 6.07) is 3.09. The van der Waals surface area contributed by atoms with E-state index in [0.29, 0.717) is 22.7 Å². The molecule has 0 unspecified atom stereocenters. The van der Waals surface area contributed by atoms with Crippen molar-refractivity contribution in [1.29, 1.82) is 0 Å². The van der Waals surface area contributed by atoms with E-state index in [1.807, 2.05) is 0 Å². The second kappa shape index (κ2) is 7.89. The van der Waals surface area contributed by atoms with Gasteiger partial charge in [-0.2, -0.15) is 0 Å². The molecule has 0 atom stereocenters. The predicted molar refractivity (Wildman–Crippen MR) is 58.5 cm³/mol. The summed E-state index contributed by atoms with van der Waals surface area (Å²) >= 11 is 0. The van der Waals surface area contributed by atoms with Crippen LogP contribution in [0.4, 0.5) is 22.7 Å². The fraction of sp³-hybridized carbons (Fsp3) is 0. The van der Waals surface area contributed by atoms with Crippen molar-refractivity contribution in [2.24, 2.45) is 0 Å². The first-order chi connectivity index (χ1) is 4.61. The fourth-order valence-electron chi connectivity index (χ4n) is 0.668. The van der Waals surface area contributed by atoms with Crippen LogP contribution in [0, 0.1) is 0 Å². The van der Waals surface area contributed by atoms with Crippen molar-refractivity contribution < 1.29 is 21.9 Å². The van der Waals surface area contributed by atoms with Crippen molar-refractivity contribution in [3.05, 3.63) is 12.1 Å². The Morgan fingerprint density at radius 3 is 0.786 bits per heavy atom. The first-order valence-electron chi connectivity index (χ1n) is 2.81. The molecule has 0 fully saturated rings. The standard InChI is InChI=1S/C6H10N4.4H2O/c7-3-1-4(8)6(10)2-5(3)9;;;;/h1-2H,7-10H2;4*1H2. The van der Waals surface area contributed by atoms with Gasteiger partial charge in [0.15, 0.2) is 0 Å². The molecule has 0 spiro atoms. The van der Waals surface area contributed by atoms with E-state index < -0.39 is 0 Å². The lowest BCUT2D eigenvalue weighted by molar-refractivity contribution is 0.823. The van der Waals surface area contributed by atoms with Crippen LogP contribution in [0.15, 0.2) is 12.1 Å². The molecule has 14 heavy (non-hydrogen) atoms. The van der Waals surface area contributed by atoms with Crippen molar-refractivity contribution in [3.63, 3.8) is 0 Å². The molecule has 0 aliphatic rings. The second-order valence-corrected chi connectivity index (χ2v) is 2.11. The Hall–Kier alpha value is -1.74. The highest BCUT2D eigenvalue weighted by atomic mass is 16.0. The first-order valence-corrected chi connectivity index (χ1v) is 2.81. The van der Waals surface area contributed by atoms with Crippen LogP contribution in [0.5, 0.6) is 0 Å². The van der Waals surface area contributed by atoms with E-state index in [1.165, 1.54) is 0 Å². The monoisotopic (exact) mass is 210 g/mol. The van der Waals surface area contributed by atoms with Gasteiger partial charge < -0.3 is 44.8 Å². The second-order valence-electron chi connectivity index (χ2n) is 2.11. The SMILES string of the molecule is Nc1cc(N)c(N)cc1N.O.O.O.O. The molecule has 0 saturated heterocycles. The van der Waals surface area contributed by atoms with Gasteiger partial charge in [-0.3, -0.25) is 0 Å². The molecule has 0 aliphatic heterocycles. The summed E-state index contributed by atoms with van der Waals surface area (Å²) in [6.45, 7) is 0. The van der Waals surface area contributed by atoms with Crippen molar-refractivity contribution in [2.75, 3.05) is 22.9 Å². The van der Waals surface area contributed by atoms with Gasteiger partial charge >= 0.3 is 0 Å². The first kappa shape index (κ1) is 22.8. The van der Waals surface area contributed by atoms with Crippen LogP contribution in [0.3, 0.4) is 0 Å². The lowest BCUT2D eigenvalue weighted by Crippen LogP contribution is -2.00. The highest BCUT2D eigenvalue weighted by molar-refractivity contribution is 5.78. The van der Waals surface area contributed by atoms with Gasteiger partial charge in [-0.15, -0.1) is 0 Å². The minimum atomic E-state index is 0. The molecule has 0 aliphatic carbocycles. The molecule has 86 valence electrons. The lowest BCUT2D eigenvalue weighted by Gasteiger charge is -2.03. The zero-order valence-corrected chi connectivity index (χ0v) is 7.46. The van der Waals surface area contributed by atoms with Crippen LogP contribution in [-0.2, 0) is 0 Å². The van der Waals surface area contributed by atoms with E-state index in [-0.39, 0.29) is 21.9 Å². The van der Waals surface area contributed by atoms with Gasteiger partial charge in [0.05, 0.1) is 22.7 Å². The number of hydrogen-bond donors (Lipinski definition) is 4. The van der Waals surface area contributed by atoms with Crippen LogP contribution in [-0.4, -0.2) is 21.9 Å². The van der Waals surface area contributed by atoms with Gasteiger partial charge in [-0.05, 0) is 12.1 Å².